The van der Waals surface area contributed by atoms with Crippen molar-refractivity contribution < 1.29 is 27.9 Å². The molecule has 0 radical (unpaired) electrons. The van der Waals surface area contributed by atoms with Crippen molar-refractivity contribution in [3.63, 3.8) is 0 Å². The minimum atomic E-state index is -4.29. The number of halogens is 3. The Kier molecular flexibility index (Phi) is 4.08. The summed E-state index contributed by atoms with van der Waals surface area (Å²) < 4.78 is 38.3. The normalized spacial score (nSPS) is 30.6. The molecule has 2 aliphatic heterocycles. The number of alkyl halides is 3. The number of carbonyl (C=O) groups is 2. The van der Waals surface area contributed by atoms with Crippen LogP contribution in [0.2, 0.25) is 0 Å². The van der Waals surface area contributed by atoms with E-state index in [0.29, 0.717) is 19.4 Å². The number of amides is 2. The molecule has 2 saturated heterocycles. The number of piperidine rings is 1. The molecule has 21 heavy (non-hydrogen) atoms. The monoisotopic (exact) mass is 308 g/mol. The molecule has 0 aromatic heterocycles. The van der Waals surface area contributed by atoms with Crippen LogP contribution in [0.25, 0.3) is 0 Å². The zero-order valence-corrected chi connectivity index (χ0v) is 11.8. The maximum Gasteiger partial charge on any atom is 0.393 e. The van der Waals surface area contributed by atoms with Crippen molar-refractivity contribution >= 4 is 12.0 Å². The molecular formula is C13H19F3N2O3. The smallest absolute Gasteiger partial charge is 0.393 e. The SMILES string of the molecule is CC1(C(=O)O)CCN(C(=O)N2CCCC(C(F)(F)F)C2)C1. The summed E-state index contributed by atoms with van der Waals surface area (Å²) >= 11 is 0. The highest BCUT2D eigenvalue weighted by Crippen LogP contribution is 2.35. The summed E-state index contributed by atoms with van der Waals surface area (Å²) in [4.78, 5) is 26.0. The van der Waals surface area contributed by atoms with Gasteiger partial charge in [-0.1, -0.05) is 0 Å². The van der Waals surface area contributed by atoms with Gasteiger partial charge in [-0.3, -0.25) is 4.79 Å². The summed E-state index contributed by atoms with van der Waals surface area (Å²) in [6.07, 6.45) is -3.61. The molecule has 2 aliphatic rings. The van der Waals surface area contributed by atoms with Crippen LogP contribution in [-0.2, 0) is 4.79 Å². The van der Waals surface area contributed by atoms with E-state index in [1.165, 1.54) is 9.80 Å². The number of likely N-dealkylation sites (tertiary alicyclic amines) is 2. The summed E-state index contributed by atoms with van der Waals surface area (Å²) in [5.41, 5.74) is -1.01. The summed E-state index contributed by atoms with van der Waals surface area (Å²) in [6.45, 7) is 1.84. The fourth-order valence-corrected chi connectivity index (χ4v) is 2.92. The van der Waals surface area contributed by atoms with E-state index in [-0.39, 0.29) is 26.1 Å². The number of carbonyl (C=O) groups excluding carboxylic acids is 1. The Morgan fingerprint density at radius 1 is 1.24 bits per heavy atom. The van der Waals surface area contributed by atoms with Gasteiger partial charge in [-0.05, 0) is 26.2 Å². The molecular weight excluding hydrogens is 289 g/mol. The van der Waals surface area contributed by atoms with Gasteiger partial charge in [-0.15, -0.1) is 0 Å². The van der Waals surface area contributed by atoms with Gasteiger partial charge < -0.3 is 14.9 Å². The number of carboxylic acid groups (broad SMARTS) is 1. The number of carboxylic acids is 1. The predicted molar refractivity (Wildman–Crippen MR) is 67.7 cm³/mol. The van der Waals surface area contributed by atoms with Crippen LogP contribution in [0.5, 0.6) is 0 Å². The van der Waals surface area contributed by atoms with Crippen LogP contribution >= 0.6 is 0 Å². The van der Waals surface area contributed by atoms with E-state index < -0.39 is 29.5 Å². The van der Waals surface area contributed by atoms with Crippen molar-refractivity contribution in [2.45, 2.75) is 32.4 Å². The zero-order chi connectivity index (χ0) is 15.8. The number of urea groups is 1. The van der Waals surface area contributed by atoms with E-state index in [1.807, 2.05) is 0 Å². The van der Waals surface area contributed by atoms with Gasteiger partial charge in [0.2, 0.25) is 0 Å². The van der Waals surface area contributed by atoms with Crippen molar-refractivity contribution in [2.24, 2.45) is 11.3 Å². The Morgan fingerprint density at radius 3 is 2.43 bits per heavy atom. The van der Waals surface area contributed by atoms with Gasteiger partial charge in [0.1, 0.15) is 0 Å². The number of hydrogen-bond acceptors (Lipinski definition) is 2. The minimum absolute atomic E-state index is 0.0418. The standard InChI is InChI=1S/C13H19F3N2O3/c1-12(10(19)20)4-6-18(8-12)11(21)17-5-2-3-9(7-17)13(14,15)16/h9H,2-8H2,1H3,(H,19,20). The number of rotatable bonds is 1. The van der Waals surface area contributed by atoms with Crippen molar-refractivity contribution in [3.8, 4) is 0 Å². The summed E-state index contributed by atoms with van der Waals surface area (Å²) in [7, 11) is 0. The van der Waals surface area contributed by atoms with Crippen molar-refractivity contribution in [1.29, 1.82) is 0 Å². The summed E-state index contributed by atoms with van der Waals surface area (Å²) in [5.74, 6) is -2.46. The lowest BCUT2D eigenvalue weighted by Crippen LogP contribution is -2.50. The van der Waals surface area contributed by atoms with Gasteiger partial charge in [-0.2, -0.15) is 13.2 Å². The van der Waals surface area contributed by atoms with Gasteiger partial charge in [0, 0.05) is 26.2 Å². The fraction of sp³-hybridized carbons (Fsp3) is 0.846. The van der Waals surface area contributed by atoms with E-state index in [9.17, 15) is 22.8 Å². The van der Waals surface area contributed by atoms with Gasteiger partial charge in [0.25, 0.3) is 0 Å². The van der Waals surface area contributed by atoms with E-state index in [0.717, 1.165) is 0 Å². The first kappa shape index (κ1) is 15.9. The van der Waals surface area contributed by atoms with E-state index in [1.54, 1.807) is 6.92 Å². The largest absolute Gasteiger partial charge is 0.481 e. The molecule has 0 bridgehead atoms. The molecule has 2 rings (SSSR count). The van der Waals surface area contributed by atoms with E-state index in [2.05, 4.69) is 0 Å². The topological polar surface area (TPSA) is 60.9 Å². The Morgan fingerprint density at radius 2 is 1.90 bits per heavy atom. The second-order valence-corrected chi connectivity index (χ2v) is 6.15. The van der Waals surface area contributed by atoms with Crippen molar-refractivity contribution in [2.75, 3.05) is 26.2 Å². The molecule has 2 fully saturated rings. The molecule has 2 heterocycles. The van der Waals surface area contributed by atoms with Gasteiger partial charge >= 0.3 is 18.2 Å². The first-order valence-corrected chi connectivity index (χ1v) is 6.97. The Hall–Kier alpha value is -1.47. The Balaban J connectivity index is 1.99. The third kappa shape index (κ3) is 3.24. The third-order valence-corrected chi connectivity index (χ3v) is 4.41. The molecule has 120 valence electrons. The minimum Gasteiger partial charge on any atom is -0.481 e. The first-order valence-electron chi connectivity index (χ1n) is 6.97. The van der Waals surface area contributed by atoms with Crippen LogP contribution in [0.1, 0.15) is 26.2 Å². The molecule has 2 unspecified atom stereocenters. The molecule has 0 aliphatic carbocycles. The van der Waals surface area contributed by atoms with E-state index in [4.69, 9.17) is 5.11 Å². The molecule has 1 N–H and O–H groups in total. The maximum absolute atomic E-state index is 12.8. The van der Waals surface area contributed by atoms with Crippen LogP contribution < -0.4 is 0 Å². The average molecular weight is 308 g/mol. The summed E-state index contributed by atoms with van der Waals surface area (Å²) in [5, 5.41) is 9.13. The fourth-order valence-electron chi connectivity index (χ4n) is 2.92. The maximum atomic E-state index is 12.8. The van der Waals surface area contributed by atoms with Gasteiger partial charge in [0.05, 0.1) is 11.3 Å². The molecule has 0 aromatic rings. The van der Waals surface area contributed by atoms with Crippen LogP contribution in [0.3, 0.4) is 0 Å². The quantitative estimate of drug-likeness (QED) is 0.807. The Bertz CT molecular complexity index is 441. The molecule has 5 nitrogen and oxygen atoms in total. The summed E-state index contributed by atoms with van der Waals surface area (Å²) in [6, 6.07) is -0.478. The highest BCUT2D eigenvalue weighted by atomic mass is 19.4. The van der Waals surface area contributed by atoms with Gasteiger partial charge in [-0.25, -0.2) is 4.79 Å². The van der Waals surface area contributed by atoms with Crippen LogP contribution in [0.4, 0.5) is 18.0 Å². The second kappa shape index (κ2) is 5.38. The van der Waals surface area contributed by atoms with E-state index >= 15 is 0 Å². The third-order valence-electron chi connectivity index (χ3n) is 4.41. The Labute approximate surface area is 120 Å². The molecule has 2 atom stereocenters. The number of nitrogens with zero attached hydrogens (tertiary/aromatic N) is 2. The highest BCUT2D eigenvalue weighted by molar-refractivity contribution is 5.79. The van der Waals surface area contributed by atoms with Crippen molar-refractivity contribution in [1.82, 2.24) is 9.80 Å². The molecule has 0 spiro atoms. The molecule has 0 aromatic carbocycles. The predicted octanol–water partition coefficient (Wildman–Crippen LogP) is 2.18. The lowest BCUT2D eigenvalue weighted by atomic mass is 9.90. The highest BCUT2D eigenvalue weighted by Gasteiger charge is 2.46. The lowest BCUT2D eigenvalue weighted by Gasteiger charge is -2.36. The molecule has 8 heteroatoms. The second-order valence-electron chi connectivity index (χ2n) is 6.15. The van der Waals surface area contributed by atoms with Crippen molar-refractivity contribution in [3.05, 3.63) is 0 Å². The molecule has 2 amide bonds. The van der Waals surface area contributed by atoms with Crippen LogP contribution in [-0.4, -0.2) is 59.3 Å². The zero-order valence-electron chi connectivity index (χ0n) is 11.8. The van der Waals surface area contributed by atoms with Gasteiger partial charge in [0.15, 0.2) is 0 Å². The number of hydrogen-bond donors (Lipinski definition) is 1. The first-order chi connectivity index (χ1) is 9.63. The van der Waals surface area contributed by atoms with Crippen LogP contribution in [0.15, 0.2) is 0 Å². The molecule has 0 saturated carbocycles. The number of aliphatic carboxylic acids is 1. The lowest BCUT2D eigenvalue weighted by molar-refractivity contribution is -0.184. The van der Waals surface area contributed by atoms with Crippen LogP contribution in [0, 0.1) is 11.3 Å². The average Bonchev–Trinajstić information content (AvgIpc) is 2.81.